The SMILES string of the molecule is CC(C)C1=CC2CC3(C=O)C4CCC(C)C4CC2(CO[C@H]2C[C@H](O)[C@H](O)[C@@H](C)O2)C13C(=O)OC(c1ccccc1)c1ccccc1. The third kappa shape index (κ3) is 4.38. The van der Waals surface area contributed by atoms with Crippen LogP contribution in [0.4, 0.5) is 0 Å². The number of benzene rings is 2. The second kappa shape index (κ2) is 11.7. The molecule has 246 valence electrons. The number of hydrogen-bond acceptors (Lipinski definition) is 7. The number of carbonyl (C=O) groups is 2. The molecular formula is C39H48O7. The van der Waals surface area contributed by atoms with Crippen molar-refractivity contribution in [2.45, 2.75) is 90.5 Å². The zero-order valence-electron chi connectivity index (χ0n) is 27.4. The molecule has 7 rings (SSSR count). The lowest BCUT2D eigenvalue weighted by Gasteiger charge is -2.59. The molecule has 11 atom stereocenters. The van der Waals surface area contributed by atoms with Crippen LogP contribution in [0.5, 0.6) is 0 Å². The second-order valence-corrected chi connectivity index (χ2v) is 15.2. The summed E-state index contributed by atoms with van der Waals surface area (Å²) in [6.45, 7) is 8.46. The van der Waals surface area contributed by atoms with Gasteiger partial charge in [0.25, 0.3) is 0 Å². The molecule has 7 unspecified atom stereocenters. The topological polar surface area (TPSA) is 102 Å². The Hall–Kier alpha value is -2.84. The van der Waals surface area contributed by atoms with Crippen molar-refractivity contribution in [3.63, 3.8) is 0 Å². The van der Waals surface area contributed by atoms with Crippen molar-refractivity contribution >= 4 is 12.3 Å². The summed E-state index contributed by atoms with van der Waals surface area (Å²) in [6, 6.07) is 19.7. The minimum atomic E-state index is -1.20. The first kappa shape index (κ1) is 31.7. The van der Waals surface area contributed by atoms with Gasteiger partial charge < -0.3 is 29.2 Å². The summed E-state index contributed by atoms with van der Waals surface area (Å²) >= 11 is 0. The molecule has 2 aromatic rings. The number of aliphatic hydroxyl groups is 2. The third-order valence-electron chi connectivity index (χ3n) is 12.7. The lowest BCUT2D eigenvalue weighted by atomic mass is 9.43. The van der Waals surface area contributed by atoms with Gasteiger partial charge in [-0.1, -0.05) is 99.5 Å². The first-order chi connectivity index (χ1) is 22.1. The highest BCUT2D eigenvalue weighted by molar-refractivity contribution is 5.92. The van der Waals surface area contributed by atoms with Gasteiger partial charge in [0.2, 0.25) is 0 Å². The number of fused-ring (bicyclic) bond motifs is 2. The Morgan fingerprint density at radius 3 is 2.24 bits per heavy atom. The Balaban J connectivity index is 1.36. The van der Waals surface area contributed by atoms with E-state index in [1.54, 1.807) is 6.92 Å². The van der Waals surface area contributed by atoms with Gasteiger partial charge in [-0.15, -0.1) is 0 Å². The number of ether oxygens (including phenoxy) is 3. The van der Waals surface area contributed by atoms with Crippen LogP contribution in [0.3, 0.4) is 0 Å². The molecule has 1 saturated heterocycles. The molecule has 0 amide bonds. The van der Waals surface area contributed by atoms with Gasteiger partial charge in [0.15, 0.2) is 12.4 Å². The van der Waals surface area contributed by atoms with Crippen LogP contribution in [-0.2, 0) is 23.8 Å². The quantitative estimate of drug-likeness (QED) is 0.199. The van der Waals surface area contributed by atoms with E-state index in [0.717, 1.165) is 42.2 Å². The number of aldehydes is 1. The van der Waals surface area contributed by atoms with Gasteiger partial charge >= 0.3 is 5.97 Å². The van der Waals surface area contributed by atoms with Gasteiger partial charge in [0.05, 0.1) is 24.2 Å². The molecule has 7 heteroatoms. The average molecular weight is 629 g/mol. The third-order valence-corrected chi connectivity index (χ3v) is 12.7. The Morgan fingerprint density at radius 2 is 1.65 bits per heavy atom. The highest BCUT2D eigenvalue weighted by Crippen LogP contribution is 2.83. The van der Waals surface area contributed by atoms with Gasteiger partial charge in [0, 0.05) is 11.8 Å². The molecule has 2 N–H and O–H groups in total. The Kier molecular flexibility index (Phi) is 8.07. The zero-order chi connectivity index (χ0) is 32.4. The largest absolute Gasteiger partial charge is 0.452 e. The Bertz CT molecular complexity index is 1420. The maximum absolute atomic E-state index is 15.6. The number of hydrogen-bond donors (Lipinski definition) is 2. The van der Waals surface area contributed by atoms with E-state index in [4.69, 9.17) is 14.2 Å². The minimum absolute atomic E-state index is 0.0155. The van der Waals surface area contributed by atoms with E-state index >= 15 is 4.79 Å². The van der Waals surface area contributed by atoms with Crippen molar-refractivity contribution in [2.24, 2.45) is 45.8 Å². The summed E-state index contributed by atoms with van der Waals surface area (Å²) in [4.78, 5) is 29.5. The summed E-state index contributed by atoms with van der Waals surface area (Å²) in [7, 11) is 0. The lowest BCUT2D eigenvalue weighted by molar-refractivity contribution is -0.263. The summed E-state index contributed by atoms with van der Waals surface area (Å²) in [5.41, 5.74) is -0.0748. The van der Waals surface area contributed by atoms with Crippen molar-refractivity contribution < 1.29 is 34.0 Å². The molecular weight excluding hydrogens is 580 g/mol. The van der Waals surface area contributed by atoms with E-state index < -0.39 is 47.0 Å². The molecule has 0 spiro atoms. The predicted octanol–water partition coefficient (Wildman–Crippen LogP) is 6.03. The first-order valence-corrected chi connectivity index (χ1v) is 17.2. The number of rotatable bonds is 9. The molecule has 1 aliphatic heterocycles. The summed E-state index contributed by atoms with van der Waals surface area (Å²) in [6.07, 6.45) is 2.96. The number of carbonyl (C=O) groups excluding carboxylic acids is 2. The number of allylic oxidation sites excluding steroid dienone is 1. The fourth-order valence-corrected chi connectivity index (χ4v) is 10.8. The first-order valence-electron chi connectivity index (χ1n) is 17.2. The van der Waals surface area contributed by atoms with E-state index in [0.29, 0.717) is 12.3 Å². The van der Waals surface area contributed by atoms with E-state index in [2.05, 4.69) is 26.8 Å². The van der Waals surface area contributed by atoms with Crippen LogP contribution in [0.1, 0.15) is 77.0 Å². The van der Waals surface area contributed by atoms with Crippen LogP contribution in [0, 0.1) is 45.8 Å². The van der Waals surface area contributed by atoms with Gasteiger partial charge in [-0.05, 0) is 66.9 Å². The highest BCUT2D eigenvalue weighted by atomic mass is 16.7. The molecule has 0 aromatic heterocycles. The van der Waals surface area contributed by atoms with Crippen LogP contribution in [0.2, 0.25) is 0 Å². The maximum Gasteiger partial charge on any atom is 0.318 e. The number of aliphatic hydroxyl groups excluding tert-OH is 2. The molecule has 2 aromatic carbocycles. The van der Waals surface area contributed by atoms with E-state index in [1.807, 2.05) is 60.7 Å². The van der Waals surface area contributed by atoms with E-state index in [-0.39, 0.29) is 42.7 Å². The van der Waals surface area contributed by atoms with Crippen molar-refractivity contribution in [1.82, 2.24) is 0 Å². The maximum atomic E-state index is 15.6. The molecule has 1 heterocycles. The summed E-state index contributed by atoms with van der Waals surface area (Å²) in [5, 5.41) is 20.9. The van der Waals surface area contributed by atoms with Crippen LogP contribution >= 0.6 is 0 Å². The fraction of sp³-hybridized carbons (Fsp3) is 0.590. The normalized spacial score (nSPS) is 41.0. The number of esters is 1. The van der Waals surface area contributed by atoms with Gasteiger partial charge in [-0.3, -0.25) is 4.79 Å². The molecule has 4 fully saturated rings. The zero-order valence-corrected chi connectivity index (χ0v) is 27.4. The summed E-state index contributed by atoms with van der Waals surface area (Å²) in [5.74, 6) is 0.444. The predicted molar refractivity (Wildman–Crippen MR) is 172 cm³/mol. The molecule has 0 radical (unpaired) electrons. The Labute approximate surface area is 272 Å². The Morgan fingerprint density at radius 1 is 1.00 bits per heavy atom. The molecule has 7 nitrogen and oxygen atoms in total. The van der Waals surface area contributed by atoms with Crippen LogP contribution < -0.4 is 0 Å². The van der Waals surface area contributed by atoms with Crippen molar-refractivity contribution in [1.29, 1.82) is 0 Å². The molecule has 4 bridgehead atoms. The van der Waals surface area contributed by atoms with Gasteiger partial charge in [0.1, 0.15) is 17.8 Å². The van der Waals surface area contributed by atoms with Crippen LogP contribution in [0.15, 0.2) is 72.3 Å². The second-order valence-electron chi connectivity index (χ2n) is 15.2. The molecule has 5 aliphatic rings. The monoisotopic (exact) mass is 628 g/mol. The molecule has 3 saturated carbocycles. The van der Waals surface area contributed by atoms with Crippen molar-refractivity contribution in [2.75, 3.05) is 6.61 Å². The smallest absolute Gasteiger partial charge is 0.318 e. The van der Waals surface area contributed by atoms with Crippen molar-refractivity contribution in [3.8, 4) is 0 Å². The minimum Gasteiger partial charge on any atom is -0.452 e. The van der Waals surface area contributed by atoms with E-state index in [9.17, 15) is 15.0 Å². The average Bonchev–Trinajstić information content (AvgIpc) is 3.63. The van der Waals surface area contributed by atoms with Gasteiger partial charge in [-0.25, -0.2) is 0 Å². The van der Waals surface area contributed by atoms with E-state index in [1.165, 1.54) is 0 Å². The van der Waals surface area contributed by atoms with Crippen LogP contribution in [-0.4, -0.2) is 53.7 Å². The van der Waals surface area contributed by atoms with Crippen molar-refractivity contribution in [3.05, 3.63) is 83.4 Å². The lowest BCUT2D eigenvalue weighted by Crippen LogP contribution is -2.64. The summed E-state index contributed by atoms with van der Waals surface area (Å²) < 4.78 is 19.5. The molecule has 4 aliphatic carbocycles. The molecule has 46 heavy (non-hydrogen) atoms. The highest BCUT2D eigenvalue weighted by Gasteiger charge is 2.84. The standard InChI is InChI=1S/C39H48O7/c1-23(2)31-17-28-19-37(21-40)30-16-15-24(3)29(30)20-38(28,22-44-33-18-32(41)34(42)25(4)45-33)39(31,37)36(43)46-35(26-11-7-5-8-12-26)27-13-9-6-10-14-27/h5-14,17,21,23-25,28-30,32-35,41-42H,15-16,18-20,22H2,1-4H3/t24?,25-,28?,29?,30?,32+,33-,34-,37?,38?,39?/m1/s1. The fourth-order valence-electron chi connectivity index (χ4n) is 10.8. The van der Waals surface area contributed by atoms with Crippen LogP contribution in [0.25, 0.3) is 0 Å². The van der Waals surface area contributed by atoms with Gasteiger partial charge in [-0.2, -0.15) is 0 Å².